The zero-order valence-electron chi connectivity index (χ0n) is 24.5. The summed E-state index contributed by atoms with van der Waals surface area (Å²) in [5.74, 6) is -2.82. The summed E-state index contributed by atoms with van der Waals surface area (Å²) in [6, 6.07) is 2.71. The smallest absolute Gasteiger partial charge is 0.330 e. The van der Waals surface area contributed by atoms with Gasteiger partial charge in [-0.25, -0.2) is 9.59 Å². The number of aldehydes is 1. The summed E-state index contributed by atoms with van der Waals surface area (Å²) in [5.41, 5.74) is 21.7. The molecule has 0 aliphatic rings. The summed E-state index contributed by atoms with van der Waals surface area (Å²) >= 11 is 0. The van der Waals surface area contributed by atoms with Gasteiger partial charge in [0, 0.05) is 13.1 Å². The first kappa shape index (κ1) is 36.1. The van der Waals surface area contributed by atoms with Crippen LogP contribution in [0.5, 0.6) is 0 Å². The number of carbonyl (C=O) groups is 5. The van der Waals surface area contributed by atoms with Crippen LogP contribution in [0.25, 0.3) is 0 Å². The van der Waals surface area contributed by atoms with Crippen molar-refractivity contribution >= 4 is 42.0 Å². The standard InChI is InChI=1S/C27H44N10O6/c1-16(2)14-20(23(40)34-18(15-38)10-6-12-32-25(28)29)35-22(39)19(11-7-13-33-26(30)31)36-27(43)37-21(24(41)42)17-8-4-3-5-9-17/h3-5,8-9,15-16,18-21H,6-7,10-14H2,1-2H3,(H,34,40)(H,35,39)(H,41,42)(H4,28,29,32)(H4,30,31,33)(H2,36,37,43). The second kappa shape index (κ2) is 19.3. The first-order valence-electron chi connectivity index (χ1n) is 13.9. The highest BCUT2D eigenvalue weighted by molar-refractivity contribution is 5.93. The fourth-order valence-electron chi connectivity index (χ4n) is 3.99. The van der Waals surface area contributed by atoms with Crippen molar-refractivity contribution in [2.45, 2.75) is 70.1 Å². The highest BCUT2D eigenvalue weighted by Gasteiger charge is 2.29. The fourth-order valence-corrected chi connectivity index (χ4v) is 3.99. The van der Waals surface area contributed by atoms with Crippen molar-refractivity contribution in [3.05, 3.63) is 35.9 Å². The van der Waals surface area contributed by atoms with Gasteiger partial charge in [-0.3, -0.25) is 19.6 Å². The lowest BCUT2D eigenvalue weighted by Crippen LogP contribution is -2.56. The van der Waals surface area contributed by atoms with Crippen molar-refractivity contribution in [1.82, 2.24) is 21.3 Å². The number of guanidine groups is 2. The van der Waals surface area contributed by atoms with Gasteiger partial charge in [0.15, 0.2) is 18.0 Å². The molecule has 0 spiro atoms. The molecule has 0 aliphatic heterocycles. The summed E-state index contributed by atoms with van der Waals surface area (Å²) < 4.78 is 0. The lowest BCUT2D eigenvalue weighted by Gasteiger charge is -2.26. The minimum absolute atomic E-state index is 0.0219. The summed E-state index contributed by atoms with van der Waals surface area (Å²) in [5, 5.41) is 19.8. The van der Waals surface area contributed by atoms with Crippen molar-refractivity contribution in [3.63, 3.8) is 0 Å². The maximum atomic E-state index is 13.4. The van der Waals surface area contributed by atoms with E-state index in [1.54, 1.807) is 30.3 Å². The zero-order valence-corrected chi connectivity index (χ0v) is 24.5. The molecule has 4 amide bonds. The molecule has 0 saturated heterocycles. The normalized spacial score (nSPS) is 13.4. The summed E-state index contributed by atoms with van der Waals surface area (Å²) in [4.78, 5) is 70.5. The number of hydrogen-bond donors (Lipinski definition) is 9. The minimum atomic E-state index is -1.38. The second-order valence-corrected chi connectivity index (χ2v) is 10.2. The van der Waals surface area contributed by atoms with Gasteiger partial charge >= 0.3 is 12.0 Å². The average Bonchev–Trinajstić information content (AvgIpc) is 2.94. The molecule has 1 rings (SSSR count). The number of carboxylic acids is 1. The Labute approximate surface area is 250 Å². The van der Waals surface area contributed by atoms with Crippen LogP contribution in [0.4, 0.5) is 4.79 Å². The van der Waals surface area contributed by atoms with Crippen LogP contribution in [0.2, 0.25) is 0 Å². The van der Waals surface area contributed by atoms with E-state index in [0.717, 1.165) is 0 Å². The number of nitrogens with one attached hydrogen (secondary N) is 4. The van der Waals surface area contributed by atoms with Crippen LogP contribution < -0.4 is 44.2 Å². The first-order chi connectivity index (χ1) is 20.3. The Morgan fingerprint density at radius 2 is 1.37 bits per heavy atom. The lowest BCUT2D eigenvalue weighted by atomic mass is 10.0. The van der Waals surface area contributed by atoms with E-state index < -0.39 is 48.0 Å². The topological polar surface area (TPSA) is 282 Å². The molecule has 1 aromatic rings. The molecule has 0 heterocycles. The number of carboxylic acid groups (broad SMARTS) is 1. The summed E-state index contributed by atoms with van der Waals surface area (Å²) in [6.45, 7) is 4.14. The Balaban J connectivity index is 3.04. The van der Waals surface area contributed by atoms with Crippen LogP contribution >= 0.6 is 0 Å². The van der Waals surface area contributed by atoms with Crippen LogP contribution in [-0.2, 0) is 19.2 Å². The van der Waals surface area contributed by atoms with Crippen LogP contribution in [0.1, 0.15) is 57.6 Å². The van der Waals surface area contributed by atoms with Gasteiger partial charge in [0.1, 0.15) is 18.4 Å². The van der Waals surface area contributed by atoms with E-state index in [2.05, 4.69) is 31.3 Å². The van der Waals surface area contributed by atoms with Crippen molar-refractivity contribution < 1.29 is 29.1 Å². The Kier molecular flexibility index (Phi) is 16.2. The van der Waals surface area contributed by atoms with Crippen LogP contribution in [0.3, 0.4) is 0 Å². The predicted molar refractivity (Wildman–Crippen MR) is 161 cm³/mol. The van der Waals surface area contributed by atoms with E-state index in [4.69, 9.17) is 22.9 Å². The fraction of sp³-hybridized carbons (Fsp3) is 0.519. The number of rotatable bonds is 19. The van der Waals surface area contributed by atoms with Gasteiger partial charge in [0.25, 0.3) is 0 Å². The van der Waals surface area contributed by atoms with E-state index in [1.807, 2.05) is 13.8 Å². The largest absolute Gasteiger partial charge is 0.479 e. The molecule has 0 aliphatic carbocycles. The number of urea groups is 1. The van der Waals surface area contributed by atoms with Gasteiger partial charge in [-0.15, -0.1) is 0 Å². The van der Waals surface area contributed by atoms with E-state index in [9.17, 15) is 29.1 Å². The molecule has 0 bridgehead atoms. The maximum Gasteiger partial charge on any atom is 0.330 e. The molecule has 16 nitrogen and oxygen atoms in total. The van der Waals surface area contributed by atoms with Gasteiger partial charge < -0.3 is 54.1 Å². The van der Waals surface area contributed by atoms with Gasteiger partial charge in [-0.2, -0.15) is 0 Å². The first-order valence-corrected chi connectivity index (χ1v) is 13.9. The molecule has 0 fully saturated rings. The van der Waals surface area contributed by atoms with Gasteiger partial charge in [-0.1, -0.05) is 44.2 Å². The van der Waals surface area contributed by atoms with Crippen molar-refractivity contribution in [2.24, 2.45) is 38.8 Å². The maximum absolute atomic E-state index is 13.4. The van der Waals surface area contributed by atoms with Crippen LogP contribution in [-0.4, -0.2) is 78.3 Å². The highest BCUT2D eigenvalue weighted by Crippen LogP contribution is 2.13. The summed E-state index contributed by atoms with van der Waals surface area (Å²) in [6.07, 6.45) is 1.87. The molecule has 0 aromatic heterocycles. The third kappa shape index (κ3) is 15.1. The Bertz CT molecular complexity index is 1120. The van der Waals surface area contributed by atoms with Gasteiger partial charge in [0.05, 0.1) is 6.04 Å². The second-order valence-electron chi connectivity index (χ2n) is 10.2. The SMILES string of the molecule is CC(C)CC(NC(=O)C(CCCN=C(N)N)NC(=O)NC(C(=O)O)c1ccccc1)C(=O)NC(C=O)CCCN=C(N)N. The molecule has 0 radical (unpaired) electrons. The van der Waals surface area contributed by atoms with Crippen molar-refractivity contribution in [2.75, 3.05) is 13.1 Å². The molecule has 238 valence electrons. The molecule has 13 N–H and O–H groups in total. The quantitative estimate of drug-likeness (QED) is 0.0393. The lowest BCUT2D eigenvalue weighted by molar-refractivity contribution is -0.139. The molecular formula is C27H44N10O6. The third-order valence-corrected chi connectivity index (χ3v) is 6.02. The molecule has 1 aromatic carbocycles. The Morgan fingerprint density at radius 3 is 1.88 bits per heavy atom. The van der Waals surface area contributed by atoms with E-state index in [0.29, 0.717) is 18.3 Å². The predicted octanol–water partition coefficient (Wildman–Crippen LogP) is -1.20. The van der Waals surface area contributed by atoms with Crippen LogP contribution in [0.15, 0.2) is 40.3 Å². The van der Waals surface area contributed by atoms with E-state index in [1.165, 1.54) is 0 Å². The number of aliphatic imine (C=N–C) groups is 2. The molecule has 43 heavy (non-hydrogen) atoms. The Hall–Kier alpha value is -4.89. The van der Waals surface area contributed by atoms with Crippen molar-refractivity contribution in [3.8, 4) is 0 Å². The number of benzene rings is 1. The Morgan fingerprint density at radius 1 is 0.814 bits per heavy atom. The molecular weight excluding hydrogens is 560 g/mol. The number of amides is 4. The molecule has 16 heteroatoms. The minimum Gasteiger partial charge on any atom is -0.479 e. The molecule has 4 unspecified atom stereocenters. The zero-order chi connectivity index (χ0) is 32.4. The van der Waals surface area contributed by atoms with Gasteiger partial charge in [0.2, 0.25) is 11.8 Å². The number of hydrogen-bond acceptors (Lipinski definition) is 7. The number of carbonyl (C=O) groups excluding carboxylic acids is 4. The van der Waals surface area contributed by atoms with Crippen LogP contribution in [0, 0.1) is 5.92 Å². The van der Waals surface area contributed by atoms with E-state index >= 15 is 0 Å². The molecule has 4 atom stereocenters. The third-order valence-electron chi connectivity index (χ3n) is 6.02. The van der Waals surface area contributed by atoms with Crippen molar-refractivity contribution in [1.29, 1.82) is 0 Å². The monoisotopic (exact) mass is 604 g/mol. The number of aliphatic carboxylic acids is 1. The summed E-state index contributed by atoms with van der Waals surface area (Å²) in [7, 11) is 0. The number of nitrogens with two attached hydrogens (primary N) is 4. The van der Waals surface area contributed by atoms with Gasteiger partial charge in [-0.05, 0) is 43.6 Å². The molecule has 0 saturated carbocycles. The number of nitrogens with zero attached hydrogens (tertiary/aromatic N) is 2. The average molecular weight is 605 g/mol. The van der Waals surface area contributed by atoms with E-state index in [-0.39, 0.29) is 56.6 Å². The highest BCUT2D eigenvalue weighted by atomic mass is 16.4.